The summed E-state index contributed by atoms with van der Waals surface area (Å²) in [6.07, 6.45) is 7.02. The number of methoxy groups -OCH3 is 1. The number of halogens is 3. The number of hydrogen-bond donors (Lipinski definition) is 1. The fourth-order valence-corrected chi connectivity index (χ4v) is 6.83. The van der Waals surface area contributed by atoms with Crippen LogP contribution >= 0.6 is 23.2 Å². The summed E-state index contributed by atoms with van der Waals surface area (Å²) in [5.41, 5.74) is 1.36. The van der Waals surface area contributed by atoms with Crippen molar-refractivity contribution in [3.8, 4) is 11.5 Å². The number of rotatable bonds is 7. The van der Waals surface area contributed by atoms with Gasteiger partial charge in [0.15, 0.2) is 11.5 Å². The summed E-state index contributed by atoms with van der Waals surface area (Å²) in [4.78, 5) is 0. The molecule has 31 heavy (non-hydrogen) atoms. The van der Waals surface area contributed by atoms with Crippen molar-refractivity contribution in [2.75, 3.05) is 7.11 Å². The molecule has 4 fully saturated rings. The minimum absolute atomic E-state index is 0.0209. The Bertz CT molecular complexity index is 919. The van der Waals surface area contributed by atoms with E-state index in [2.05, 4.69) is 5.32 Å². The molecular formula is C25H28Cl2FNO2. The van der Waals surface area contributed by atoms with Gasteiger partial charge in [-0.05, 0) is 85.6 Å². The second kappa shape index (κ2) is 8.80. The topological polar surface area (TPSA) is 30.5 Å². The molecule has 0 atom stereocenters. The van der Waals surface area contributed by atoms with Gasteiger partial charge in [-0.25, -0.2) is 4.39 Å². The predicted molar refractivity (Wildman–Crippen MR) is 121 cm³/mol. The molecule has 2 aromatic carbocycles. The molecule has 0 unspecified atom stereocenters. The molecule has 3 nitrogen and oxygen atoms in total. The summed E-state index contributed by atoms with van der Waals surface area (Å²) in [5, 5.41) is 4.61. The average molecular weight is 464 g/mol. The van der Waals surface area contributed by atoms with Crippen molar-refractivity contribution in [2.24, 2.45) is 23.7 Å². The zero-order valence-corrected chi connectivity index (χ0v) is 19.2. The summed E-state index contributed by atoms with van der Waals surface area (Å²) in [6, 6.07) is 9.04. The van der Waals surface area contributed by atoms with E-state index < -0.39 is 5.82 Å². The van der Waals surface area contributed by atoms with Crippen LogP contribution in [0.4, 0.5) is 4.39 Å². The lowest BCUT2D eigenvalue weighted by atomic mass is 9.54. The molecule has 1 N–H and O–H groups in total. The highest BCUT2D eigenvalue weighted by molar-refractivity contribution is 6.32. The van der Waals surface area contributed by atoms with Crippen molar-refractivity contribution in [3.05, 3.63) is 57.3 Å². The highest BCUT2D eigenvalue weighted by Crippen LogP contribution is 2.53. The van der Waals surface area contributed by atoms with Gasteiger partial charge < -0.3 is 14.8 Å². The predicted octanol–water partition coefficient (Wildman–Crippen LogP) is 6.63. The summed E-state index contributed by atoms with van der Waals surface area (Å²) in [7, 11) is 1.59. The molecule has 4 aliphatic carbocycles. The van der Waals surface area contributed by atoms with E-state index in [1.807, 2.05) is 12.1 Å². The molecule has 4 saturated carbocycles. The van der Waals surface area contributed by atoms with Crippen LogP contribution in [0.2, 0.25) is 10.0 Å². The summed E-state index contributed by atoms with van der Waals surface area (Å²) >= 11 is 12.7. The smallest absolute Gasteiger partial charge is 0.180 e. The summed E-state index contributed by atoms with van der Waals surface area (Å²) in [6.45, 7) is 0.732. The molecule has 6 rings (SSSR count). The van der Waals surface area contributed by atoms with E-state index in [-0.39, 0.29) is 6.61 Å². The first kappa shape index (κ1) is 21.4. The average Bonchev–Trinajstić information content (AvgIpc) is 2.73. The fraction of sp³-hybridized carbons (Fsp3) is 0.520. The van der Waals surface area contributed by atoms with Crippen LogP contribution in [0.25, 0.3) is 0 Å². The van der Waals surface area contributed by atoms with Gasteiger partial charge in [0.25, 0.3) is 0 Å². The molecule has 4 bridgehead atoms. The number of hydrogen-bond acceptors (Lipinski definition) is 3. The van der Waals surface area contributed by atoms with Gasteiger partial charge in [0.2, 0.25) is 0 Å². The summed E-state index contributed by atoms with van der Waals surface area (Å²) < 4.78 is 25.4. The van der Waals surface area contributed by atoms with Gasteiger partial charge in [-0.2, -0.15) is 0 Å². The lowest BCUT2D eigenvalue weighted by molar-refractivity contribution is -0.0142. The van der Waals surface area contributed by atoms with Gasteiger partial charge in [-0.1, -0.05) is 29.3 Å². The van der Waals surface area contributed by atoms with Crippen molar-refractivity contribution in [3.63, 3.8) is 0 Å². The Morgan fingerprint density at radius 2 is 1.71 bits per heavy atom. The van der Waals surface area contributed by atoms with Crippen LogP contribution in [-0.2, 0) is 13.2 Å². The van der Waals surface area contributed by atoms with E-state index in [9.17, 15) is 4.39 Å². The van der Waals surface area contributed by atoms with Gasteiger partial charge in [-0.15, -0.1) is 0 Å². The Kier molecular flexibility index (Phi) is 6.07. The van der Waals surface area contributed by atoms with E-state index >= 15 is 0 Å². The Hall–Kier alpha value is -1.49. The number of benzene rings is 2. The molecule has 0 spiro atoms. The maximum Gasteiger partial charge on any atom is 0.180 e. The minimum Gasteiger partial charge on any atom is -0.493 e. The lowest BCUT2D eigenvalue weighted by Gasteiger charge is -2.54. The first-order chi connectivity index (χ1) is 15.0. The van der Waals surface area contributed by atoms with Gasteiger partial charge in [-0.3, -0.25) is 0 Å². The van der Waals surface area contributed by atoms with Crippen LogP contribution in [0.3, 0.4) is 0 Å². The molecule has 0 heterocycles. The van der Waals surface area contributed by atoms with Crippen LogP contribution in [0.15, 0.2) is 30.3 Å². The molecule has 2 aromatic rings. The van der Waals surface area contributed by atoms with Gasteiger partial charge in [0, 0.05) is 18.2 Å². The van der Waals surface area contributed by atoms with Crippen LogP contribution < -0.4 is 14.8 Å². The highest BCUT2D eigenvalue weighted by Gasteiger charge is 2.47. The fourth-order valence-electron chi connectivity index (χ4n) is 6.32. The molecule has 166 valence electrons. The SMILES string of the molecule is COc1cc(CNC2C3CC4CC(C3)CC2C4)cc(Cl)c1OCc1c(F)cccc1Cl. The van der Waals surface area contributed by atoms with Crippen LogP contribution in [0.5, 0.6) is 11.5 Å². The largest absolute Gasteiger partial charge is 0.493 e. The minimum atomic E-state index is -0.404. The van der Waals surface area contributed by atoms with Crippen molar-refractivity contribution in [2.45, 2.75) is 51.3 Å². The zero-order valence-electron chi connectivity index (χ0n) is 17.7. The third kappa shape index (κ3) is 4.27. The van der Waals surface area contributed by atoms with Crippen molar-refractivity contribution in [1.82, 2.24) is 5.32 Å². The third-order valence-electron chi connectivity index (χ3n) is 7.48. The van der Waals surface area contributed by atoms with Crippen molar-refractivity contribution < 1.29 is 13.9 Å². The first-order valence-electron chi connectivity index (χ1n) is 11.2. The van der Waals surface area contributed by atoms with Crippen molar-refractivity contribution >= 4 is 23.2 Å². The maximum absolute atomic E-state index is 14.1. The van der Waals surface area contributed by atoms with Gasteiger partial charge in [0.1, 0.15) is 12.4 Å². The quantitative estimate of drug-likeness (QED) is 0.499. The zero-order chi connectivity index (χ0) is 21.5. The molecule has 4 aliphatic rings. The lowest BCUT2D eigenvalue weighted by Crippen LogP contribution is -2.54. The molecule has 0 amide bonds. The van der Waals surface area contributed by atoms with E-state index in [1.54, 1.807) is 19.2 Å². The van der Waals surface area contributed by atoms with Crippen LogP contribution in [0.1, 0.15) is 43.2 Å². The molecule has 0 aromatic heterocycles. The maximum atomic E-state index is 14.1. The van der Waals surface area contributed by atoms with Crippen LogP contribution in [0, 0.1) is 29.5 Å². The molecular weight excluding hydrogens is 436 g/mol. The Morgan fingerprint density at radius 3 is 2.35 bits per heavy atom. The van der Waals surface area contributed by atoms with Gasteiger partial charge >= 0.3 is 0 Å². The third-order valence-corrected chi connectivity index (χ3v) is 8.12. The Labute approximate surface area is 193 Å². The van der Waals surface area contributed by atoms with E-state index in [0.717, 1.165) is 35.8 Å². The normalized spacial score (nSPS) is 28.7. The number of nitrogens with one attached hydrogen (secondary N) is 1. The Morgan fingerprint density at radius 1 is 1.00 bits per heavy atom. The van der Waals surface area contributed by atoms with Crippen LogP contribution in [-0.4, -0.2) is 13.2 Å². The van der Waals surface area contributed by atoms with Gasteiger partial charge in [0.05, 0.1) is 17.2 Å². The molecule has 0 saturated heterocycles. The van der Waals surface area contributed by atoms with E-state index in [4.69, 9.17) is 32.7 Å². The highest BCUT2D eigenvalue weighted by atomic mass is 35.5. The van der Waals surface area contributed by atoms with E-state index in [1.165, 1.54) is 38.2 Å². The molecule has 0 radical (unpaired) electrons. The summed E-state index contributed by atoms with van der Waals surface area (Å²) in [5.74, 6) is 4.12. The monoisotopic (exact) mass is 463 g/mol. The Balaban J connectivity index is 1.27. The second-order valence-electron chi connectivity index (χ2n) is 9.44. The van der Waals surface area contributed by atoms with E-state index in [0.29, 0.717) is 33.1 Å². The second-order valence-corrected chi connectivity index (χ2v) is 10.2. The molecule has 6 heteroatoms. The standard InChI is InChI=1S/C25H28Cl2FNO2/c1-30-23-11-16(12-29-24-17-6-14-5-15(8-17)9-18(24)7-14)10-21(27)25(23)31-13-19-20(26)3-2-4-22(19)28/h2-4,10-11,14-15,17-18,24,29H,5-9,12-13H2,1H3. The van der Waals surface area contributed by atoms with Crippen molar-refractivity contribution in [1.29, 1.82) is 0 Å². The number of ether oxygens (including phenoxy) is 2. The first-order valence-corrected chi connectivity index (χ1v) is 11.9. The molecule has 0 aliphatic heterocycles.